The molecule has 0 atom stereocenters. The van der Waals surface area contributed by atoms with E-state index >= 15 is 0 Å². The second-order valence-corrected chi connectivity index (χ2v) is 5.36. The molecule has 3 rings (SSSR count). The fourth-order valence-electron chi connectivity index (χ4n) is 2.51. The summed E-state index contributed by atoms with van der Waals surface area (Å²) in [4.78, 5) is 7.51. The molecule has 0 spiro atoms. The maximum absolute atomic E-state index is 13.6. The predicted molar refractivity (Wildman–Crippen MR) is 74.7 cm³/mol. The lowest BCUT2D eigenvalue weighted by Crippen LogP contribution is -2.50. The minimum atomic E-state index is -3.09. The first-order valence-electron chi connectivity index (χ1n) is 6.99. The highest BCUT2D eigenvalue weighted by molar-refractivity contribution is 5.75. The van der Waals surface area contributed by atoms with Crippen LogP contribution in [0.15, 0.2) is 22.6 Å². The summed E-state index contributed by atoms with van der Waals surface area (Å²) in [5.74, 6) is -3.54. The van der Waals surface area contributed by atoms with Crippen LogP contribution in [0, 0.1) is 5.82 Å². The van der Waals surface area contributed by atoms with E-state index in [1.165, 1.54) is 6.07 Å². The number of fused-ring (bicyclic) bond motifs is 1. The van der Waals surface area contributed by atoms with Gasteiger partial charge in [0.15, 0.2) is 11.4 Å². The molecular formula is C14H16F3N3O2. The van der Waals surface area contributed by atoms with E-state index in [0.717, 1.165) is 0 Å². The van der Waals surface area contributed by atoms with Crippen molar-refractivity contribution in [2.75, 3.05) is 44.2 Å². The first-order valence-corrected chi connectivity index (χ1v) is 6.99. The Hall–Kier alpha value is -1.80. The molecule has 1 N–H and O–H groups in total. The number of rotatable bonds is 4. The van der Waals surface area contributed by atoms with Crippen LogP contribution < -0.4 is 4.90 Å². The Balaban J connectivity index is 1.66. The number of piperazine rings is 1. The topological polar surface area (TPSA) is 52.7 Å². The summed E-state index contributed by atoms with van der Waals surface area (Å²) in [6.07, 6.45) is 0. The van der Waals surface area contributed by atoms with Crippen LogP contribution in [-0.2, 0) is 0 Å². The molecule has 1 aromatic heterocycles. The highest BCUT2D eigenvalue weighted by Gasteiger charge is 2.32. The molecule has 0 amide bonds. The second kappa shape index (κ2) is 5.77. The Labute approximate surface area is 124 Å². The third-order valence-electron chi connectivity index (χ3n) is 3.69. The van der Waals surface area contributed by atoms with Crippen molar-refractivity contribution in [3.63, 3.8) is 0 Å². The first-order chi connectivity index (χ1) is 10.5. The summed E-state index contributed by atoms with van der Waals surface area (Å²) in [5, 5.41) is 8.61. The van der Waals surface area contributed by atoms with Crippen molar-refractivity contribution in [2.24, 2.45) is 0 Å². The predicted octanol–water partition coefficient (Wildman–Crippen LogP) is 1.72. The van der Waals surface area contributed by atoms with Crippen molar-refractivity contribution in [3.05, 3.63) is 24.0 Å². The number of para-hydroxylation sites is 1. The van der Waals surface area contributed by atoms with E-state index < -0.39 is 24.9 Å². The fourth-order valence-corrected chi connectivity index (χ4v) is 2.51. The minimum Gasteiger partial charge on any atom is -0.423 e. The van der Waals surface area contributed by atoms with Crippen LogP contribution in [-0.4, -0.2) is 60.2 Å². The Morgan fingerprint density at radius 3 is 2.59 bits per heavy atom. The molecule has 8 heteroatoms. The number of hydrogen-bond acceptors (Lipinski definition) is 5. The molecule has 0 unspecified atom stereocenters. The van der Waals surface area contributed by atoms with Gasteiger partial charge in [0.05, 0.1) is 6.54 Å². The monoisotopic (exact) mass is 315 g/mol. The van der Waals surface area contributed by atoms with Crippen LogP contribution in [0.2, 0.25) is 0 Å². The Morgan fingerprint density at radius 1 is 1.23 bits per heavy atom. The van der Waals surface area contributed by atoms with Gasteiger partial charge in [-0.25, -0.2) is 13.2 Å². The standard InChI is InChI=1S/C14H16F3N3O2/c15-10-2-1-3-11-12(10)18-13(22-11)20-6-4-19(5-7-20)8-14(16,17)9-21/h1-3,21H,4-9H2. The van der Waals surface area contributed by atoms with Crippen molar-refractivity contribution in [2.45, 2.75) is 5.92 Å². The molecule has 22 heavy (non-hydrogen) atoms. The fraction of sp³-hybridized carbons (Fsp3) is 0.500. The van der Waals surface area contributed by atoms with E-state index in [0.29, 0.717) is 37.8 Å². The molecule has 2 aromatic rings. The van der Waals surface area contributed by atoms with Crippen LogP contribution in [0.3, 0.4) is 0 Å². The normalized spacial score (nSPS) is 17.4. The molecule has 0 radical (unpaired) electrons. The van der Waals surface area contributed by atoms with Crippen molar-refractivity contribution in [1.82, 2.24) is 9.88 Å². The van der Waals surface area contributed by atoms with E-state index in [1.807, 2.05) is 0 Å². The number of halogens is 3. The van der Waals surface area contributed by atoms with Gasteiger partial charge >= 0.3 is 0 Å². The first kappa shape index (κ1) is 15.1. The number of alkyl halides is 2. The molecule has 1 aliphatic rings. The van der Waals surface area contributed by atoms with Crippen LogP contribution in [0.25, 0.3) is 11.1 Å². The highest BCUT2D eigenvalue weighted by atomic mass is 19.3. The third kappa shape index (κ3) is 3.02. The molecule has 0 saturated carbocycles. The summed E-state index contributed by atoms with van der Waals surface area (Å²) in [7, 11) is 0. The van der Waals surface area contributed by atoms with Crippen LogP contribution >= 0.6 is 0 Å². The zero-order valence-electron chi connectivity index (χ0n) is 11.8. The zero-order valence-corrected chi connectivity index (χ0v) is 11.8. The maximum atomic E-state index is 13.6. The number of aliphatic hydroxyl groups is 1. The van der Waals surface area contributed by atoms with Crippen molar-refractivity contribution in [3.8, 4) is 0 Å². The average molecular weight is 315 g/mol. The molecule has 0 aliphatic carbocycles. The van der Waals surface area contributed by atoms with Gasteiger partial charge in [0.1, 0.15) is 12.1 Å². The lowest BCUT2D eigenvalue weighted by atomic mass is 10.2. The molecule has 1 aliphatic heterocycles. The minimum absolute atomic E-state index is 0.173. The number of hydrogen-bond donors (Lipinski definition) is 1. The van der Waals surface area contributed by atoms with Gasteiger partial charge < -0.3 is 14.4 Å². The summed E-state index contributed by atoms with van der Waals surface area (Å²) in [5.41, 5.74) is 0.538. The van der Waals surface area contributed by atoms with Gasteiger partial charge in [0.25, 0.3) is 11.9 Å². The number of anilines is 1. The highest BCUT2D eigenvalue weighted by Crippen LogP contribution is 2.25. The van der Waals surface area contributed by atoms with Gasteiger partial charge in [0, 0.05) is 26.2 Å². The van der Waals surface area contributed by atoms with Crippen molar-refractivity contribution in [1.29, 1.82) is 0 Å². The lowest BCUT2D eigenvalue weighted by Gasteiger charge is -2.35. The quantitative estimate of drug-likeness (QED) is 0.931. The molecule has 1 saturated heterocycles. The SMILES string of the molecule is OCC(F)(F)CN1CCN(c2nc3c(F)cccc3o2)CC1. The van der Waals surface area contributed by atoms with E-state index in [9.17, 15) is 13.2 Å². The van der Waals surface area contributed by atoms with Crippen LogP contribution in [0.5, 0.6) is 0 Å². The van der Waals surface area contributed by atoms with Gasteiger partial charge in [-0.1, -0.05) is 6.07 Å². The molecule has 0 bridgehead atoms. The number of benzene rings is 1. The lowest BCUT2D eigenvalue weighted by molar-refractivity contribution is -0.0734. The molecular weight excluding hydrogens is 299 g/mol. The van der Waals surface area contributed by atoms with Gasteiger partial charge in [-0.05, 0) is 12.1 Å². The number of aliphatic hydroxyl groups excluding tert-OH is 1. The van der Waals surface area contributed by atoms with Gasteiger partial charge in [0.2, 0.25) is 0 Å². The average Bonchev–Trinajstić information content (AvgIpc) is 2.93. The van der Waals surface area contributed by atoms with Crippen LogP contribution in [0.1, 0.15) is 0 Å². The Morgan fingerprint density at radius 2 is 1.95 bits per heavy atom. The number of aromatic nitrogens is 1. The summed E-state index contributed by atoms with van der Waals surface area (Å²) < 4.78 is 45.4. The molecule has 2 heterocycles. The van der Waals surface area contributed by atoms with Gasteiger partial charge in [-0.2, -0.15) is 4.98 Å². The Kier molecular flexibility index (Phi) is 3.96. The molecule has 1 aromatic carbocycles. The molecule has 5 nitrogen and oxygen atoms in total. The largest absolute Gasteiger partial charge is 0.423 e. The van der Waals surface area contributed by atoms with E-state index in [-0.39, 0.29) is 5.52 Å². The molecule has 120 valence electrons. The third-order valence-corrected chi connectivity index (χ3v) is 3.69. The summed E-state index contributed by atoms with van der Waals surface area (Å²) in [6, 6.07) is 4.78. The Bertz CT molecular complexity index is 654. The van der Waals surface area contributed by atoms with Gasteiger partial charge in [-0.3, -0.25) is 4.90 Å². The summed E-state index contributed by atoms with van der Waals surface area (Å²) >= 11 is 0. The summed E-state index contributed by atoms with van der Waals surface area (Å²) in [6.45, 7) is 0.0800. The second-order valence-electron chi connectivity index (χ2n) is 5.36. The maximum Gasteiger partial charge on any atom is 0.298 e. The van der Waals surface area contributed by atoms with E-state index in [4.69, 9.17) is 9.52 Å². The smallest absolute Gasteiger partial charge is 0.298 e. The van der Waals surface area contributed by atoms with Crippen molar-refractivity contribution >= 4 is 17.1 Å². The molecule has 1 fully saturated rings. The van der Waals surface area contributed by atoms with E-state index in [2.05, 4.69) is 4.98 Å². The zero-order chi connectivity index (χ0) is 15.7. The van der Waals surface area contributed by atoms with Crippen molar-refractivity contribution < 1.29 is 22.7 Å². The van der Waals surface area contributed by atoms with Crippen LogP contribution in [0.4, 0.5) is 19.2 Å². The number of nitrogens with zero attached hydrogens (tertiary/aromatic N) is 3. The van der Waals surface area contributed by atoms with E-state index in [1.54, 1.807) is 21.9 Å². The number of oxazole rings is 1. The van der Waals surface area contributed by atoms with Gasteiger partial charge in [-0.15, -0.1) is 0 Å².